The number of nitrogen functional groups attached to an aromatic ring is 1. The third kappa shape index (κ3) is 6.15. The lowest BCUT2D eigenvalue weighted by atomic mass is 10.2. The minimum atomic E-state index is -4.32. The van der Waals surface area contributed by atoms with Crippen molar-refractivity contribution in [2.45, 2.75) is 12.6 Å². The molecule has 0 aliphatic carbocycles. The fraction of sp³-hybridized carbons (Fsp3) is 0.385. The Morgan fingerprint density at radius 2 is 1.81 bits per heavy atom. The monoisotopic (exact) mass is 303 g/mol. The fourth-order valence-electron chi connectivity index (χ4n) is 1.45. The van der Waals surface area contributed by atoms with Gasteiger partial charge in [0.15, 0.2) is 0 Å². The smallest absolute Gasteiger partial charge is 0.390 e. The van der Waals surface area contributed by atoms with Gasteiger partial charge in [-0.15, -0.1) is 0 Å². The van der Waals surface area contributed by atoms with Crippen LogP contribution in [-0.2, 0) is 4.79 Å². The van der Waals surface area contributed by atoms with E-state index in [9.17, 15) is 22.8 Å². The first-order valence-electron chi connectivity index (χ1n) is 6.13. The van der Waals surface area contributed by atoms with E-state index < -0.39 is 31.0 Å². The lowest BCUT2D eigenvalue weighted by molar-refractivity contribution is -0.143. The van der Waals surface area contributed by atoms with Crippen molar-refractivity contribution in [2.24, 2.45) is 0 Å². The van der Waals surface area contributed by atoms with Gasteiger partial charge >= 0.3 is 6.18 Å². The molecule has 0 bridgehead atoms. The normalized spacial score (nSPS) is 11.0. The highest BCUT2D eigenvalue weighted by Gasteiger charge is 2.28. The van der Waals surface area contributed by atoms with Crippen LogP contribution in [0, 0.1) is 0 Å². The Kier molecular flexibility index (Phi) is 5.57. The third-order valence-corrected chi connectivity index (χ3v) is 2.73. The summed E-state index contributed by atoms with van der Waals surface area (Å²) in [5.74, 6) is -1.09. The first kappa shape index (κ1) is 16.8. The molecule has 0 heterocycles. The van der Waals surface area contributed by atoms with E-state index in [0.717, 1.165) is 4.90 Å². The molecule has 0 unspecified atom stereocenters. The Balaban J connectivity index is 2.41. The van der Waals surface area contributed by atoms with Crippen molar-refractivity contribution in [3.05, 3.63) is 29.8 Å². The standard InChI is InChI=1S/C13H16F3N3O2/c1-19(7-6-13(14,15)16)11(20)8-18-12(21)9-2-4-10(17)5-3-9/h2-5H,6-8,17H2,1H3,(H,18,21). The Morgan fingerprint density at radius 1 is 1.24 bits per heavy atom. The second-order valence-corrected chi connectivity index (χ2v) is 4.49. The molecule has 3 N–H and O–H groups in total. The van der Waals surface area contributed by atoms with E-state index in [-0.39, 0.29) is 6.54 Å². The SMILES string of the molecule is CN(CCC(F)(F)F)C(=O)CNC(=O)c1ccc(N)cc1. The Labute approximate surface area is 119 Å². The lowest BCUT2D eigenvalue weighted by Gasteiger charge is -2.18. The van der Waals surface area contributed by atoms with Crippen LogP contribution in [0.25, 0.3) is 0 Å². The molecule has 1 aromatic carbocycles. The maximum absolute atomic E-state index is 12.0. The Morgan fingerprint density at radius 3 is 2.33 bits per heavy atom. The quantitative estimate of drug-likeness (QED) is 0.808. The van der Waals surface area contributed by atoms with Crippen LogP contribution in [0.4, 0.5) is 18.9 Å². The van der Waals surface area contributed by atoms with Crippen molar-refractivity contribution in [1.29, 1.82) is 0 Å². The van der Waals surface area contributed by atoms with E-state index in [1.54, 1.807) is 0 Å². The highest BCUT2D eigenvalue weighted by atomic mass is 19.4. The molecule has 21 heavy (non-hydrogen) atoms. The van der Waals surface area contributed by atoms with Crippen molar-refractivity contribution in [3.63, 3.8) is 0 Å². The number of rotatable bonds is 5. The minimum Gasteiger partial charge on any atom is -0.399 e. The van der Waals surface area contributed by atoms with Crippen LogP contribution < -0.4 is 11.1 Å². The maximum Gasteiger partial charge on any atom is 0.390 e. The first-order valence-corrected chi connectivity index (χ1v) is 6.13. The lowest BCUT2D eigenvalue weighted by Crippen LogP contribution is -2.39. The zero-order valence-electron chi connectivity index (χ0n) is 11.4. The maximum atomic E-state index is 12.0. The van der Waals surface area contributed by atoms with E-state index in [1.807, 2.05) is 0 Å². The molecule has 2 amide bonds. The number of nitrogens with zero attached hydrogens (tertiary/aromatic N) is 1. The summed E-state index contributed by atoms with van der Waals surface area (Å²) in [5.41, 5.74) is 6.28. The number of benzene rings is 1. The fourth-order valence-corrected chi connectivity index (χ4v) is 1.45. The summed E-state index contributed by atoms with van der Waals surface area (Å²) in [6, 6.07) is 6.05. The molecular weight excluding hydrogens is 287 g/mol. The highest BCUT2D eigenvalue weighted by molar-refractivity contribution is 5.96. The van der Waals surface area contributed by atoms with Crippen LogP contribution in [0.15, 0.2) is 24.3 Å². The summed E-state index contributed by atoms with van der Waals surface area (Å²) in [6.45, 7) is -0.808. The van der Waals surface area contributed by atoms with Gasteiger partial charge in [-0.2, -0.15) is 13.2 Å². The molecule has 0 saturated carbocycles. The largest absolute Gasteiger partial charge is 0.399 e. The van der Waals surface area contributed by atoms with E-state index >= 15 is 0 Å². The highest BCUT2D eigenvalue weighted by Crippen LogP contribution is 2.19. The van der Waals surface area contributed by atoms with Crippen LogP contribution in [-0.4, -0.2) is 43.0 Å². The van der Waals surface area contributed by atoms with Gasteiger partial charge in [-0.05, 0) is 24.3 Å². The van der Waals surface area contributed by atoms with Crippen LogP contribution in [0.1, 0.15) is 16.8 Å². The minimum absolute atomic E-state index is 0.315. The number of hydrogen-bond acceptors (Lipinski definition) is 3. The number of nitrogens with two attached hydrogens (primary N) is 1. The van der Waals surface area contributed by atoms with Gasteiger partial charge in [0.05, 0.1) is 13.0 Å². The van der Waals surface area contributed by atoms with Gasteiger partial charge in [0.2, 0.25) is 5.91 Å². The van der Waals surface area contributed by atoms with Gasteiger partial charge in [0, 0.05) is 24.8 Å². The summed E-state index contributed by atoms with van der Waals surface area (Å²) in [4.78, 5) is 24.2. The zero-order chi connectivity index (χ0) is 16.0. The number of hydrogen-bond donors (Lipinski definition) is 2. The number of carbonyl (C=O) groups excluding carboxylic acids is 2. The molecule has 0 aliphatic rings. The predicted molar refractivity (Wildman–Crippen MR) is 71.5 cm³/mol. The molecule has 116 valence electrons. The second-order valence-electron chi connectivity index (χ2n) is 4.49. The third-order valence-electron chi connectivity index (χ3n) is 2.73. The van der Waals surface area contributed by atoms with Crippen molar-refractivity contribution in [1.82, 2.24) is 10.2 Å². The molecule has 0 fully saturated rings. The number of alkyl halides is 3. The molecule has 0 radical (unpaired) electrons. The summed E-state index contributed by atoms with van der Waals surface area (Å²) >= 11 is 0. The molecule has 0 saturated heterocycles. The van der Waals surface area contributed by atoms with E-state index in [0.29, 0.717) is 11.3 Å². The number of nitrogens with one attached hydrogen (secondary N) is 1. The number of anilines is 1. The molecular formula is C13H16F3N3O2. The summed E-state index contributed by atoms with van der Waals surface area (Å²) in [5, 5.41) is 2.34. The predicted octanol–water partition coefficient (Wildman–Crippen LogP) is 1.41. The summed E-state index contributed by atoms with van der Waals surface area (Å²) < 4.78 is 36.1. The van der Waals surface area contributed by atoms with E-state index in [1.165, 1.54) is 31.3 Å². The molecule has 5 nitrogen and oxygen atoms in total. The van der Waals surface area contributed by atoms with Crippen LogP contribution in [0.3, 0.4) is 0 Å². The molecule has 0 spiro atoms. The van der Waals surface area contributed by atoms with Crippen molar-refractivity contribution < 1.29 is 22.8 Å². The van der Waals surface area contributed by atoms with Crippen molar-refractivity contribution >= 4 is 17.5 Å². The Bertz CT molecular complexity index is 500. The average molecular weight is 303 g/mol. The molecule has 1 aromatic rings. The summed E-state index contributed by atoms with van der Waals surface area (Å²) in [7, 11) is 1.25. The number of likely N-dealkylation sites (N-methyl/N-ethyl adjacent to an activating group) is 1. The van der Waals surface area contributed by atoms with Gasteiger partial charge in [0.1, 0.15) is 0 Å². The topological polar surface area (TPSA) is 75.4 Å². The molecule has 0 atom stereocenters. The number of halogens is 3. The van der Waals surface area contributed by atoms with Gasteiger partial charge < -0.3 is 16.0 Å². The molecule has 0 aliphatic heterocycles. The number of amides is 2. The van der Waals surface area contributed by atoms with Crippen LogP contribution in [0.2, 0.25) is 0 Å². The van der Waals surface area contributed by atoms with Crippen LogP contribution >= 0.6 is 0 Å². The van der Waals surface area contributed by atoms with E-state index in [4.69, 9.17) is 5.73 Å². The second kappa shape index (κ2) is 6.96. The molecule has 0 aromatic heterocycles. The number of carbonyl (C=O) groups is 2. The van der Waals surface area contributed by atoms with Gasteiger partial charge in [-0.1, -0.05) is 0 Å². The van der Waals surface area contributed by atoms with E-state index in [2.05, 4.69) is 5.32 Å². The zero-order valence-corrected chi connectivity index (χ0v) is 11.4. The molecule has 8 heteroatoms. The first-order chi connectivity index (χ1) is 9.69. The van der Waals surface area contributed by atoms with Gasteiger partial charge in [-0.25, -0.2) is 0 Å². The van der Waals surface area contributed by atoms with Gasteiger partial charge in [-0.3, -0.25) is 9.59 Å². The molecule has 1 rings (SSSR count). The van der Waals surface area contributed by atoms with Crippen molar-refractivity contribution in [3.8, 4) is 0 Å². The van der Waals surface area contributed by atoms with Crippen molar-refractivity contribution in [2.75, 3.05) is 25.9 Å². The summed E-state index contributed by atoms with van der Waals surface area (Å²) in [6.07, 6.45) is -5.40. The van der Waals surface area contributed by atoms with Crippen LogP contribution in [0.5, 0.6) is 0 Å². The van der Waals surface area contributed by atoms with Gasteiger partial charge in [0.25, 0.3) is 5.91 Å². The Hall–Kier alpha value is -2.25. The average Bonchev–Trinajstić information content (AvgIpc) is 2.41.